The smallest absolute Gasteiger partial charge is 0.113 e. The molecule has 0 saturated heterocycles. The van der Waals surface area contributed by atoms with Crippen LogP contribution in [0.5, 0.6) is 0 Å². The maximum absolute atomic E-state index is 5.18. The molecule has 1 aromatic heterocycles. The molecule has 108 valence electrons. The van der Waals surface area contributed by atoms with Crippen molar-refractivity contribution < 1.29 is 4.74 Å². The van der Waals surface area contributed by atoms with Crippen molar-refractivity contribution in [2.45, 2.75) is 52.0 Å². The molecule has 1 aliphatic carbocycles. The maximum Gasteiger partial charge on any atom is 0.113 e. The average Bonchev–Trinajstić information content (AvgIpc) is 2.94. The molecule has 1 N–H and O–H groups in total. The first-order valence-electron chi connectivity index (χ1n) is 7.32. The molecule has 1 heterocycles. The highest BCUT2D eigenvalue weighted by Gasteiger charge is 2.41. The lowest BCUT2D eigenvalue weighted by Crippen LogP contribution is -2.41. The van der Waals surface area contributed by atoms with Gasteiger partial charge in [0.2, 0.25) is 0 Å². The fourth-order valence-electron chi connectivity index (χ4n) is 3.08. The van der Waals surface area contributed by atoms with Gasteiger partial charge in [0.1, 0.15) is 5.01 Å². The van der Waals surface area contributed by atoms with Crippen molar-refractivity contribution in [2.24, 2.45) is 5.92 Å². The molecule has 2 unspecified atom stereocenters. The van der Waals surface area contributed by atoms with Gasteiger partial charge in [0.25, 0.3) is 0 Å². The first-order valence-corrected chi connectivity index (χ1v) is 8.13. The van der Waals surface area contributed by atoms with Crippen LogP contribution in [0.3, 0.4) is 0 Å². The van der Waals surface area contributed by atoms with Crippen LogP contribution in [0.1, 0.15) is 48.7 Å². The zero-order chi connectivity index (χ0) is 13.9. The summed E-state index contributed by atoms with van der Waals surface area (Å²) in [7, 11) is 1.76. The topological polar surface area (TPSA) is 34.2 Å². The SMILES string of the molecule is CCc1nc(C2(NCCOC)CCC(C)C2)sc1C. The molecule has 2 rings (SSSR count). The number of aryl methyl sites for hydroxylation is 2. The minimum absolute atomic E-state index is 0.0980. The number of methoxy groups -OCH3 is 1. The second-order valence-electron chi connectivity index (χ2n) is 5.73. The highest BCUT2D eigenvalue weighted by atomic mass is 32.1. The Hall–Kier alpha value is -0.450. The van der Waals surface area contributed by atoms with Crippen LogP contribution in [0.4, 0.5) is 0 Å². The Morgan fingerprint density at radius 2 is 2.32 bits per heavy atom. The summed E-state index contributed by atoms with van der Waals surface area (Å²) in [6.45, 7) is 8.40. The van der Waals surface area contributed by atoms with Gasteiger partial charge < -0.3 is 10.1 Å². The normalized spacial score (nSPS) is 27.1. The molecule has 0 amide bonds. The summed E-state index contributed by atoms with van der Waals surface area (Å²) < 4.78 is 5.18. The van der Waals surface area contributed by atoms with E-state index in [1.54, 1.807) is 7.11 Å². The molecule has 0 radical (unpaired) electrons. The van der Waals surface area contributed by atoms with E-state index in [-0.39, 0.29) is 5.54 Å². The van der Waals surface area contributed by atoms with Gasteiger partial charge >= 0.3 is 0 Å². The van der Waals surface area contributed by atoms with Crippen molar-refractivity contribution >= 4 is 11.3 Å². The Morgan fingerprint density at radius 1 is 1.53 bits per heavy atom. The molecule has 19 heavy (non-hydrogen) atoms. The van der Waals surface area contributed by atoms with Gasteiger partial charge in [-0.05, 0) is 38.5 Å². The second-order valence-corrected chi connectivity index (χ2v) is 6.93. The van der Waals surface area contributed by atoms with Gasteiger partial charge in [0, 0.05) is 18.5 Å². The number of nitrogens with zero attached hydrogens (tertiary/aromatic N) is 1. The quantitative estimate of drug-likeness (QED) is 0.813. The van der Waals surface area contributed by atoms with Crippen LogP contribution in [0.25, 0.3) is 0 Å². The highest BCUT2D eigenvalue weighted by Crippen LogP contribution is 2.43. The third-order valence-electron chi connectivity index (χ3n) is 4.17. The molecule has 3 nitrogen and oxygen atoms in total. The fraction of sp³-hybridized carbons (Fsp3) is 0.800. The van der Waals surface area contributed by atoms with Crippen molar-refractivity contribution in [3.8, 4) is 0 Å². The molecule has 1 fully saturated rings. The molecular formula is C15H26N2OS. The highest BCUT2D eigenvalue weighted by molar-refractivity contribution is 7.11. The first-order chi connectivity index (χ1) is 9.11. The number of aromatic nitrogens is 1. The molecule has 0 bridgehead atoms. The summed E-state index contributed by atoms with van der Waals surface area (Å²) in [5.74, 6) is 0.782. The Bertz CT molecular complexity index is 418. The van der Waals surface area contributed by atoms with E-state index < -0.39 is 0 Å². The Morgan fingerprint density at radius 3 is 2.84 bits per heavy atom. The Balaban J connectivity index is 2.21. The van der Waals surface area contributed by atoms with Crippen molar-refractivity contribution in [2.75, 3.05) is 20.3 Å². The standard InChI is InChI=1S/C15H26N2OS/c1-5-13-12(3)19-14(17-13)15(16-8-9-18-4)7-6-11(2)10-15/h11,16H,5-10H2,1-4H3. The first kappa shape index (κ1) is 14.9. The van der Waals surface area contributed by atoms with E-state index in [1.165, 1.54) is 34.8 Å². The lowest BCUT2D eigenvalue weighted by Gasteiger charge is -2.28. The minimum Gasteiger partial charge on any atom is -0.383 e. The minimum atomic E-state index is 0.0980. The third-order valence-corrected chi connectivity index (χ3v) is 5.38. The van der Waals surface area contributed by atoms with Gasteiger partial charge in [-0.1, -0.05) is 13.8 Å². The molecule has 0 aromatic carbocycles. The largest absolute Gasteiger partial charge is 0.383 e. The summed E-state index contributed by atoms with van der Waals surface area (Å²) in [6, 6.07) is 0. The molecule has 4 heteroatoms. The predicted octanol–water partition coefficient (Wildman–Crippen LogP) is 3.27. The number of hydrogen-bond acceptors (Lipinski definition) is 4. The third kappa shape index (κ3) is 3.18. The van der Waals surface area contributed by atoms with E-state index in [2.05, 4.69) is 26.1 Å². The van der Waals surface area contributed by atoms with Gasteiger partial charge in [-0.25, -0.2) is 4.98 Å². The van der Waals surface area contributed by atoms with E-state index in [9.17, 15) is 0 Å². The van der Waals surface area contributed by atoms with E-state index in [1.807, 2.05) is 11.3 Å². The van der Waals surface area contributed by atoms with E-state index in [0.29, 0.717) is 0 Å². The molecule has 2 atom stereocenters. The van der Waals surface area contributed by atoms with Crippen molar-refractivity contribution in [3.63, 3.8) is 0 Å². The molecule has 1 saturated carbocycles. The van der Waals surface area contributed by atoms with Gasteiger partial charge in [0.15, 0.2) is 0 Å². The number of ether oxygens (including phenoxy) is 1. The van der Waals surface area contributed by atoms with Gasteiger partial charge in [-0.15, -0.1) is 11.3 Å². The van der Waals surface area contributed by atoms with Crippen molar-refractivity contribution in [1.82, 2.24) is 10.3 Å². The number of rotatable bonds is 6. The van der Waals surface area contributed by atoms with Crippen molar-refractivity contribution in [1.29, 1.82) is 0 Å². The van der Waals surface area contributed by atoms with Crippen LogP contribution >= 0.6 is 11.3 Å². The summed E-state index contributed by atoms with van der Waals surface area (Å²) >= 11 is 1.88. The van der Waals surface area contributed by atoms with Gasteiger partial charge in [-0.2, -0.15) is 0 Å². The average molecular weight is 282 g/mol. The van der Waals surface area contributed by atoms with Crippen LogP contribution in [-0.4, -0.2) is 25.2 Å². The summed E-state index contributed by atoms with van der Waals surface area (Å²) in [5, 5.41) is 5.02. The number of hydrogen-bond donors (Lipinski definition) is 1. The number of thiazole rings is 1. The van der Waals surface area contributed by atoms with E-state index >= 15 is 0 Å². The maximum atomic E-state index is 5.18. The lowest BCUT2D eigenvalue weighted by atomic mass is 9.97. The van der Waals surface area contributed by atoms with Gasteiger partial charge in [0.05, 0.1) is 17.8 Å². The molecule has 1 aliphatic rings. The second kappa shape index (κ2) is 6.33. The van der Waals surface area contributed by atoms with Crippen LogP contribution in [0.2, 0.25) is 0 Å². The summed E-state index contributed by atoms with van der Waals surface area (Å²) in [6.07, 6.45) is 4.73. The van der Waals surface area contributed by atoms with Crippen molar-refractivity contribution in [3.05, 3.63) is 15.6 Å². The van der Waals surface area contributed by atoms with Crippen LogP contribution < -0.4 is 5.32 Å². The molecular weight excluding hydrogens is 256 g/mol. The Labute approximate surface area is 120 Å². The molecule has 0 spiro atoms. The van der Waals surface area contributed by atoms with E-state index in [4.69, 9.17) is 9.72 Å². The van der Waals surface area contributed by atoms with Crippen LogP contribution in [0.15, 0.2) is 0 Å². The zero-order valence-electron chi connectivity index (χ0n) is 12.6. The van der Waals surface area contributed by atoms with Crippen LogP contribution in [0, 0.1) is 12.8 Å². The summed E-state index contributed by atoms with van der Waals surface area (Å²) in [5.41, 5.74) is 1.37. The van der Waals surface area contributed by atoms with E-state index in [0.717, 1.165) is 25.5 Å². The predicted molar refractivity (Wildman–Crippen MR) is 80.8 cm³/mol. The Kier molecular flexibility index (Phi) is 4.98. The molecule has 1 aromatic rings. The monoisotopic (exact) mass is 282 g/mol. The fourth-order valence-corrected chi connectivity index (χ4v) is 4.28. The molecule has 0 aliphatic heterocycles. The lowest BCUT2D eigenvalue weighted by molar-refractivity contribution is 0.182. The van der Waals surface area contributed by atoms with Crippen LogP contribution in [-0.2, 0) is 16.7 Å². The van der Waals surface area contributed by atoms with Gasteiger partial charge in [-0.3, -0.25) is 0 Å². The number of nitrogens with one attached hydrogen (secondary N) is 1. The summed E-state index contributed by atoms with van der Waals surface area (Å²) in [4.78, 5) is 6.29. The zero-order valence-corrected chi connectivity index (χ0v) is 13.4.